The molecule has 1 atom stereocenters. The van der Waals surface area contributed by atoms with Gasteiger partial charge in [0.2, 0.25) is 0 Å². The fourth-order valence-corrected chi connectivity index (χ4v) is 3.45. The first kappa shape index (κ1) is 13.5. The molecule has 0 saturated carbocycles. The van der Waals surface area contributed by atoms with Gasteiger partial charge in [-0.3, -0.25) is 0 Å². The zero-order chi connectivity index (χ0) is 13.3. The smallest absolute Gasteiger partial charge is 0.0435 e. The highest BCUT2D eigenvalue weighted by atomic mass is 15.2. The van der Waals surface area contributed by atoms with Gasteiger partial charge < -0.3 is 4.90 Å². The number of hydrogen-bond acceptors (Lipinski definition) is 1. The number of nitrogens with zero attached hydrogens (tertiary/aromatic N) is 1. The van der Waals surface area contributed by atoms with Crippen LogP contribution in [0.15, 0.2) is 18.2 Å². The van der Waals surface area contributed by atoms with Crippen molar-refractivity contribution in [2.45, 2.75) is 65.3 Å². The average Bonchev–Trinajstić information content (AvgIpc) is 2.29. The van der Waals surface area contributed by atoms with Crippen molar-refractivity contribution in [1.29, 1.82) is 0 Å². The van der Waals surface area contributed by atoms with Gasteiger partial charge in [-0.2, -0.15) is 0 Å². The summed E-state index contributed by atoms with van der Waals surface area (Å²) in [7, 11) is 0. The van der Waals surface area contributed by atoms with E-state index in [1.54, 1.807) is 5.56 Å². The highest BCUT2D eigenvalue weighted by molar-refractivity contribution is 5.64. The summed E-state index contributed by atoms with van der Waals surface area (Å²) in [5.74, 6) is 0.674. The largest absolute Gasteiger partial charge is 0.366 e. The molecule has 0 spiro atoms. The van der Waals surface area contributed by atoms with Crippen molar-refractivity contribution in [1.82, 2.24) is 0 Å². The minimum atomic E-state index is 0.285. The van der Waals surface area contributed by atoms with Gasteiger partial charge in [0.15, 0.2) is 0 Å². The third-order valence-electron chi connectivity index (χ3n) is 4.34. The van der Waals surface area contributed by atoms with E-state index >= 15 is 0 Å². The fourth-order valence-electron chi connectivity index (χ4n) is 3.45. The zero-order valence-corrected chi connectivity index (χ0v) is 12.6. The van der Waals surface area contributed by atoms with Crippen molar-refractivity contribution < 1.29 is 0 Å². The third-order valence-corrected chi connectivity index (χ3v) is 4.34. The summed E-state index contributed by atoms with van der Waals surface area (Å²) in [6.07, 6.45) is 3.81. The molecule has 0 amide bonds. The van der Waals surface area contributed by atoms with Crippen LogP contribution in [0, 0.1) is 6.92 Å². The topological polar surface area (TPSA) is 3.24 Å². The summed E-state index contributed by atoms with van der Waals surface area (Å²) in [4.78, 5) is 2.65. The normalized spacial score (nSPS) is 21.8. The minimum absolute atomic E-state index is 0.285. The molecule has 0 aromatic heterocycles. The van der Waals surface area contributed by atoms with E-state index < -0.39 is 0 Å². The number of hydrogen-bond donors (Lipinski definition) is 0. The second kappa shape index (κ2) is 4.95. The van der Waals surface area contributed by atoms with Gasteiger partial charge in [0, 0.05) is 17.8 Å². The maximum Gasteiger partial charge on any atom is 0.0435 e. The lowest BCUT2D eigenvalue weighted by Gasteiger charge is -2.48. The highest BCUT2D eigenvalue weighted by Gasteiger charge is 2.36. The molecule has 1 aliphatic rings. The number of rotatable bonds is 3. The Kier molecular flexibility index (Phi) is 3.70. The molecule has 1 unspecified atom stereocenters. The molecule has 0 bridgehead atoms. The molecule has 2 rings (SSSR count). The van der Waals surface area contributed by atoms with Crippen molar-refractivity contribution in [3.05, 3.63) is 29.3 Å². The summed E-state index contributed by atoms with van der Waals surface area (Å²) in [5, 5.41) is 0. The number of benzene rings is 1. The van der Waals surface area contributed by atoms with Crippen molar-refractivity contribution in [3.8, 4) is 0 Å². The van der Waals surface area contributed by atoms with Crippen LogP contribution in [0.3, 0.4) is 0 Å². The van der Waals surface area contributed by atoms with Crippen LogP contribution in [0.1, 0.15) is 64.0 Å². The van der Waals surface area contributed by atoms with Gasteiger partial charge in [0.05, 0.1) is 0 Å². The van der Waals surface area contributed by atoms with Gasteiger partial charge in [-0.1, -0.05) is 38.5 Å². The number of para-hydroxylation sites is 1. The van der Waals surface area contributed by atoms with E-state index in [4.69, 9.17) is 0 Å². The number of fused-ring (bicyclic) bond motifs is 1. The lowest BCUT2D eigenvalue weighted by Crippen LogP contribution is -2.49. The molecule has 1 aromatic carbocycles. The Balaban J connectivity index is 2.46. The van der Waals surface area contributed by atoms with Gasteiger partial charge in [-0.05, 0) is 50.7 Å². The summed E-state index contributed by atoms with van der Waals surface area (Å²) >= 11 is 0. The number of unbranched alkanes of at least 4 members (excludes halogenated alkanes) is 1. The van der Waals surface area contributed by atoms with E-state index in [0.29, 0.717) is 5.92 Å². The van der Waals surface area contributed by atoms with E-state index in [0.717, 1.165) is 0 Å². The lowest BCUT2D eigenvalue weighted by atomic mass is 9.79. The Morgan fingerprint density at radius 3 is 2.72 bits per heavy atom. The van der Waals surface area contributed by atoms with Crippen molar-refractivity contribution in [3.63, 3.8) is 0 Å². The third kappa shape index (κ3) is 2.28. The number of anilines is 1. The molecule has 0 fully saturated rings. The van der Waals surface area contributed by atoms with Crippen LogP contribution in [0.4, 0.5) is 5.69 Å². The Labute approximate surface area is 112 Å². The van der Waals surface area contributed by atoms with Crippen LogP contribution in [0.2, 0.25) is 0 Å². The van der Waals surface area contributed by atoms with Crippen molar-refractivity contribution in [2.75, 3.05) is 11.4 Å². The van der Waals surface area contributed by atoms with Gasteiger partial charge in [0.1, 0.15) is 0 Å². The molecule has 1 aromatic rings. The monoisotopic (exact) mass is 245 g/mol. The van der Waals surface area contributed by atoms with Gasteiger partial charge >= 0.3 is 0 Å². The standard InChI is InChI=1S/C17H27N/c1-6-7-11-18-16-13(2)9-8-10-15(16)14(3)12-17(18,4)5/h8-10,14H,6-7,11-12H2,1-5H3. The number of aryl methyl sites for hydroxylation is 1. The molecule has 0 N–H and O–H groups in total. The molecule has 0 aliphatic carbocycles. The fraction of sp³-hybridized carbons (Fsp3) is 0.647. The predicted molar refractivity (Wildman–Crippen MR) is 80.5 cm³/mol. The molecule has 1 heterocycles. The summed E-state index contributed by atoms with van der Waals surface area (Å²) in [5.41, 5.74) is 4.77. The maximum atomic E-state index is 2.65. The SMILES string of the molecule is CCCCN1c2c(C)cccc2C(C)CC1(C)C. The summed E-state index contributed by atoms with van der Waals surface area (Å²) in [6.45, 7) is 12.9. The lowest BCUT2D eigenvalue weighted by molar-refractivity contribution is 0.373. The minimum Gasteiger partial charge on any atom is -0.366 e. The first-order valence-electron chi connectivity index (χ1n) is 7.34. The summed E-state index contributed by atoms with van der Waals surface area (Å²) in [6, 6.07) is 6.79. The van der Waals surface area contributed by atoms with Crippen LogP contribution in [0.5, 0.6) is 0 Å². The summed E-state index contributed by atoms with van der Waals surface area (Å²) < 4.78 is 0. The first-order chi connectivity index (χ1) is 8.47. The molecule has 1 heteroatoms. The predicted octanol–water partition coefficient (Wildman–Crippen LogP) is 4.89. The van der Waals surface area contributed by atoms with Crippen LogP contribution >= 0.6 is 0 Å². The van der Waals surface area contributed by atoms with Crippen LogP contribution in [0.25, 0.3) is 0 Å². The van der Waals surface area contributed by atoms with E-state index in [2.05, 4.69) is 57.7 Å². The van der Waals surface area contributed by atoms with E-state index in [1.165, 1.54) is 37.1 Å². The molecule has 0 radical (unpaired) electrons. The molecule has 1 aliphatic heterocycles. The van der Waals surface area contributed by atoms with Crippen LogP contribution in [-0.4, -0.2) is 12.1 Å². The Hall–Kier alpha value is -0.980. The Morgan fingerprint density at radius 1 is 1.33 bits per heavy atom. The van der Waals surface area contributed by atoms with Crippen LogP contribution < -0.4 is 4.90 Å². The average molecular weight is 245 g/mol. The van der Waals surface area contributed by atoms with E-state index in [-0.39, 0.29) is 5.54 Å². The van der Waals surface area contributed by atoms with Crippen LogP contribution in [-0.2, 0) is 0 Å². The maximum absolute atomic E-state index is 2.65. The Morgan fingerprint density at radius 2 is 2.06 bits per heavy atom. The van der Waals surface area contributed by atoms with Gasteiger partial charge in [-0.25, -0.2) is 0 Å². The molecule has 0 saturated heterocycles. The highest BCUT2D eigenvalue weighted by Crippen LogP contribution is 2.44. The second-order valence-electron chi connectivity index (χ2n) is 6.44. The van der Waals surface area contributed by atoms with Crippen molar-refractivity contribution >= 4 is 5.69 Å². The first-order valence-corrected chi connectivity index (χ1v) is 7.34. The van der Waals surface area contributed by atoms with Gasteiger partial charge in [-0.15, -0.1) is 0 Å². The molecule has 100 valence electrons. The molecule has 1 nitrogen and oxygen atoms in total. The molecular formula is C17H27N. The van der Waals surface area contributed by atoms with E-state index in [1.807, 2.05) is 0 Å². The molecular weight excluding hydrogens is 218 g/mol. The molecule has 18 heavy (non-hydrogen) atoms. The second-order valence-corrected chi connectivity index (χ2v) is 6.44. The quantitative estimate of drug-likeness (QED) is 0.733. The Bertz CT molecular complexity index is 420. The zero-order valence-electron chi connectivity index (χ0n) is 12.6. The van der Waals surface area contributed by atoms with Gasteiger partial charge in [0.25, 0.3) is 0 Å². The van der Waals surface area contributed by atoms with E-state index in [9.17, 15) is 0 Å². The van der Waals surface area contributed by atoms with Crippen molar-refractivity contribution in [2.24, 2.45) is 0 Å².